The van der Waals surface area contributed by atoms with Crippen LogP contribution in [0.4, 0.5) is 0 Å². The largest absolute Gasteiger partial charge is 0.386 e. The molecule has 43 heavy (non-hydrogen) atoms. The number of hydrogen-bond acceptors (Lipinski definition) is 7. The monoisotopic (exact) mass is 604 g/mol. The number of hydrogen-bond donors (Lipinski definition) is 3. The standard InChI is InChI=1S/C33H56N4O6/c1-10-21(4)29(36(7)33(41)28(34)20(2)3)26(42-8)19-27(38)37-18-14-17-25(37)31(43-9)22(5)32(40)35-23(6)30(39)24-15-12-11-13-16-24/h11-13,15-16,20-23,25-26,28-31,39H,10,14,17-19,34H2,1-9H3,(H,35,40)/t21-,22-,23?,25-,26-,28?,29?,30+,31+/m0/s1. The van der Waals surface area contributed by atoms with Crippen LogP contribution in [0.1, 0.15) is 78.9 Å². The fourth-order valence-corrected chi connectivity index (χ4v) is 6.20. The molecule has 244 valence electrons. The van der Waals surface area contributed by atoms with E-state index in [1.807, 2.05) is 49.1 Å². The maximum absolute atomic E-state index is 13.8. The van der Waals surface area contributed by atoms with Crippen LogP contribution >= 0.6 is 0 Å². The predicted octanol–water partition coefficient (Wildman–Crippen LogP) is 3.13. The van der Waals surface area contributed by atoms with Crippen molar-refractivity contribution >= 4 is 17.7 Å². The first kappa shape index (κ1) is 36.7. The van der Waals surface area contributed by atoms with E-state index < -0.39 is 36.3 Å². The molecule has 9 atom stereocenters. The Labute approximate surface area is 258 Å². The Morgan fingerprint density at radius 1 is 1.09 bits per heavy atom. The summed E-state index contributed by atoms with van der Waals surface area (Å²) in [5, 5.41) is 13.7. The Bertz CT molecular complexity index is 1020. The Kier molecular flexibility index (Phi) is 14.6. The number of ether oxygens (including phenoxy) is 2. The number of likely N-dealkylation sites (N-methyl/N-ethyl adjacent to an activating group) is 1. The number of aliphatic hydroxyl groups is 1. The smallest absolute Gasteiger partial charge is 0.239 e. The van der Waals surface area contributed by atoms with Crippen LogP contribution in [0.15, 0.2) is 30.3 Å². The van der Waals surface area contributed by atoms with E-state index in [2.05, 4.69) is 19.2 Å². The fourth-order valence-electron chi connectivity index (χ4n) is 6.20. The number of nitrogens with zero attached hydrogens (tertiary/aromatic N) is 2. The fraction of sp³-hybridized carbons (Fsp3) is 0.727. The highest BCUT2D eigenvalue weighted by Gasteiger charge is 2.42. The third-order valence-electron chi connectivity index (χ3n) is 9.25. The van der Waals surface area contributed by atoms with Gasteiger partial charge < -0.3 is 35.4 Å². The van der Waals surface area contributed by atoms with Gasteiger partial charge in [-0.25, -0.2) is 0 Å². The second-order valence-corrected chi connectivity index (χ2v) is 12.5. The van der Waals surface area contributed by atoms with Crippen molar-refractivity contribution in [3.63, 3.8) is 0 Å². The number of amides is 3. The van der Waals surface area contributed by atoms with Gasteiger partial charge in [0, 0.05) is 27.8 Å². The summed E-state index contributed by atoms with van der Waals surface area (Å²) in [6.07, 6.45) is 0.474. The number of nitrogens with two attached hydrogens (primary N) is 1. The van der Waals surface area contributed by atoms with Crippen LogP contribution in [0, 0.1) is 17.8 Å². The van der Waals surface area contributed by atoms with E-state index in [1.165, 1.54) is 0 Å². The van der Waals surface area contributed by atoms with Gasteiger partial charge in [-0.05, 0) is 37.2 Å². The zero-order chi connectivity index (χ0) is 32.4. The van der Waals surface area contributed by atoms with E-state index in [4.69, 9.17) is 15.2 Å². The van der Waals surface area contributed by atoms with E-state index in [1.54, 1.807) is 40.0 Å². The lowest BCUT2D eigenvalue weighted by Gasteiger charge is -2.40. The second kappa shape index (κ2) is 17.1. The highest BCUT2D eigenvalue weighted by Crippen LogP contribution is 2.30. The lowest BCUT2D eigenvalue weighted by atomic mass is 9.89. The Morgan fingerprint density at radius 3 is 2.26 bits per heavy atom. The molecule has 0 radical (unpaired) electrons. The van der Waals surface area contributed by atoms with Gasteiger partial charge in [-0.2, -0.15) is 0 Å². The van der Waals surface area contributed by atoms with Crippen molar-refractivity contribution in [3.8, 4) is 0 Å². The molecule has 0 bridgehead atoms. The molecule has 10 heteroatoms. The van der Waals surface area contributed by atoms with Gasteiger partial charge in [-0.3, -0.25) is 14.4 Å². The number of nitrogens with one attached hydrogen (secondary N) is 1. The molecule has 0 aromatic heterocycles. The molecule has 1 saturated heterocycles. The molecule has 3 amide bonds. The minimum Gasteiger partial charge on any atom is -0.386 e. The third-order valence-corrected chi connectivity index (χ3v) is 9.25. The van der Waals surface area contributed by atoms with E-state index in [0.717, 1.165) is 18.4 Å². The summed E-state index contributed by atoms with van der Waals surface area (Å²) in [7, 11) is 4.88. The zero-order valence-electron chi connectivity index (χ0n) is 27.7. The van der Waals surface area contributed by atoms with Gasteiger partial charge in [0.15, 0.2) is 0 Å². The summed E-state index contributed by atoms with van der Waals surface area (Å²) in [6.45, 7) is 12.1. The highest BCUT2D eigenvalue weighted by molar-refractivity contribution is 5.83. The van der Waals surface area contributed by atoms with E-state index >= 15 is 0 Å². The molecule has 0 saturated carbocycles. The van der Waals surface area contributed by atoms with Crippen molar-refractivity contribution in [2.24, 2.45) is 23.5 Å². The van der Waals surface area contributed by atoms with Crippen molar-refractivity contribution < 1.29 is 29.0 Å². The van der Waals surface area contributed by atoms with E-state index in [9.17, 15) is 19.5 Å². The van der Waals surface area contributed by atoms with Crippen LogP contribution in [0.3, 0.4) is 0 Å². The number of carbonyl (C=O) groups is 3. The van der Waals surface area contributed by atoms with Crippen LogP contribution in [0.5, 0.6) is 0 Å². The van der Waals surface area contributed by atoms with Gasteiger partial charge in [-0.15, -0.1) is 0 Å². The maximum atomic E-state index is 13.8. The summed E-state index contributed by atoms with van der Waals surface area (Å²) >= 11 is 0. The summed E-state index contributed by atoms with van der Waals surface area (Å²) < 4.78 is 11.7. The van der Waals surface area contributed by atoms with Crippen molar-refractivity contribution in [1.82, 2.24) is 15.1 Å². The molecular weight excluding hydrogens is 548 g/mol. The average Bonchev–Trinajstić information content (AvgIpc) is 3.49. The Morgan fingerprint density at radius 2 is 1.72 bits per heavy atom. The molecule has 1 aliphatic heterocycles. The van der Waals surface area contributed by atoms with E-state index in [-0.39, 0.29) is 48.1 Å². The number of carbonyl (C=O) groups excluding carboxylic acids is 3. The van der Waals surface area contributed by atoms with Crippen LogP contribution in [0.25, 0.3) is 0 Å². The van der Waals surface area contributed by atoms with Gasteiger partial charge in [0.05, 0.1) is 54.8 Å². The van der Waals surface area contributed by atoms with Crippen molar-refractivity contribution in [2.45, 2.75) is 110 Å². The molecule has 4 N–H and O–H groups in total. The predicted molar refractivity (Wildman–Crippen MR) is 168 cm³/mol. The van der Waals surface area contributed by atoms with Gasteiger partial charge in [0.1, 0.15) is 0 Å². The lowest BCUT2D eigenvalue weighted by molar-refractivity contribution is -0.146. The molecule has 1 aliphatic rings. The first-order valence-electron chi connectivity index (χ1n) is 15.7. The average molecular weight is 605 g/mol. The zero-order valence-corrected chi connectivity index (χ0v) is 27.7. The Balaban J connectivity index is 2.17. The molecule has 2 rings (SSSR count). The first-order chi connectivity index (χ1) is 20.3. The molecular formula is C33H56N4O6. The SMILES string of the molecule is CC[C@H](C)C([C@H](CC(=O)N1CCC[C@H]1[C@H](OC)[C@H](C)C(=O)NC(C)[C@@H](O)c1ccccc1)OC)N(C)C(=O)C(N)C(C)C. The molecule has 1 heterocycles. The van der Waals surface area contributed by atoms with Gasteiger partial charge >= 0.3 is 0 Å². The minimum atomic E-state index is -0.854. The second-order valence-electron chi connectivity index (χ2n) is 12.5. The summed E-state index contributed by atoms with van der Waals surface area (Å²) in [4.78, 5) is 43.8. The topological polar surface area (TPSA) is 134 Å². The summed E-state index contributed by atoms with van der Waals surface area (Å²) in [5.41, 5.74) is 6.93. The third kappa shape index (κ3) is 9.23. The van der Waals surface area contributed by atoms with Gasteiger partial charge in [0.25, 0.3) is 0 Å². The summed E-state index contributed by atoms with van der Waals surface area (Å²) in [6, 6.07) is 7.43. The molecule has 1 fully saturated rings. The molecule has 10 nitrogen and oxygen atoms in total. The maximum Gasteiger partial charge on any atom is 0.239 e. The van der Waals surface area contributed by atoms with Crippen LogP contribution in [-0.4, -0.2) is 96.8 Å². The summed E-state index contributed by atoms with van der Waals surface area (Å²) in [5.74, 6) is -1.03. The quantitative estimate of drug-likeness (QED) is 0.264. The normalized spacial score (nSPS) is 20.9. The molecule has 0 spiro atoms. The first-order valence-corrected chi connectivity index (χ1v) is 15.7. The number of methoxy groups -OCH3 is 2. The van der Waals surface area contributed by atoms with Crippen molar-refractivity contribution in [1.29, 1.82) is 0 Å². The molecule has 1 aromatic rings. The Hall–Kier alpha value is -2.53. The van der Waals surface area contributed by atoms with Gasteiger partial charge in [-0.1, -0.05) is 71.4 Å². The number of aliphatic hydroxyl groups excluding tert-OH is 1. The highest BCUT2D eigenvalue weighted by atomic mass is 16.5. The van der Waals surface area contributed by atoms with Crippen LogP contribution in [0.2, 0.25) is 0 Å². The van der Waals surface area contributed by atoms with Crippen molar-refractivity contribution in [2.75, 3.05) is 27.8 Å². The van der Waals surface area contributed by atoms with Crippen molar-refractivity contribution in [3.05, 3.63) is 35.9 Å². The van der Waals surface area contributed by atoms with Crippen LogP contribution < -0.4 is 11.1 Å². The molecule has 0 aliphatic carbocycles. The molecule has 1 aromatic carbocycles. The number of rotatable bonds is 16. The van der Waals surface area contributed by atoms with Gasteiger partial charge in [0.2, 0.25) is 17.7 Å². The number of likely N-dealkylation sites (tertiary alicyclic amines) is 1. The minimum absolute atomic E-state index is 0.0183. The lowest BCUT2D eigenvalue weighted by Crippen LogP contribution is -2.56. The van der Waals surface area contributed by atoms with E-state index in [0.29, 0.717) is 13.0 Å². The molecule has 3 unspecified atom stereocenters. The number of benzene rings is 1. The van der Waals surface area contributed by atoms with Crippen LogP contribution in [-0.2, 0) is 23.9 Å².